The molecule has 0 bridgehead atoms. The largest absolute Gasteiger partial charge is 0.0999 e. The van der Waals surface area contributed by atoms with E-state index in [1.165, 1.54) is 23.5 Å². The molecule has 23 heavy (non-hydrogen) atoms. The van der Waals surface area contributed by atoms with Crippen molar-refractivity contribution in [2.75, 3.05) is 6.66 Å². The van der Waals surface area contributed by atoms with Gasteiger partial charge >= 0.3 is 0 Å². The maximum atomic E-state index is 2.48. The molecule has 0 radical (unpaired) electrons. The molecule has 1 unspecified atom stereocenters. The van der Waals surface area contributed by atoms with E-state index in [0.29, 0.717) is 15.5 Å². The first kappa shape index (κ1) is 21.1. The fourth-order valence-corrected chi connectivity index (χ4v) is 7.74. The molecule has 0 amide bonds. The zero-order valence-corrected chi connectivity index (χ0v) is 18.9. The highest BCUT2D eigenvalue weighted by atomic mass is 31.1. The van der Waals surface area contributed by atoms with Crippen molar-refractivity contribution in [1.82, 2.24) is 0 Å². The van der Waals surface area contributed by atoms with Crippen LogP contribution in [0.2, 0.25) is 0 Å². The van der Waals surface area contributed by atoms with Crippen molar-refractivity contribution in [3.63, 3.8) is 0 Å². The number of rotatable bonds is 4. The Bertz CT molecular complexity index is 484. The fourth-order valence-electron chi connectivity index (χ4n) is 3.00. The second-order valence-corrected chi connectivity index (χ2v) is 16.7. The summed E-state index contributed by atoms with van der Waals surface area (Å²) in [6.45, 7) is 24.1. The first-order valence-electron chi connectivity index (χ1n) is 8.78. The van der Waals surface area contributed by atoms with Gasteiger partial charge in [-0.05, 0) is 45.6 Å². The molecule has 0 aliphatic rings. The lowest BCUT2D eigenvalue weighted by Gasteiger charge is -2.41. The van der Waals surface area contributed by atoms with Gasteiger partial charge < -0.3 is 0 Å². The molecule has 0 N–H and O–H groups in total. The molecule has 0 fully saturated rings. The molecule has 0 spiro atoms. The summed E-state index contributed by atoms with van der Waals surface area (Å²) >= 11 is 0. The van der Waals surface area contributed by atoms with Gasteiger partial charge in [0.15, 0.2) is 0 Å². The van der Waals surface area contributed by atoms with Crippen LogP contribution in [0.25, 0.3) is 0 Å². The smallest absolute Gasteiger partial charge is 0.00636 e. The van der Waals surface area contributed by atoms with E-state index in [-0.39, 0.29) is 15.8 Å². The quantitative estimate of drug-likeness (QED) is 0.488. The minimum atomic E-state index is -0.0690. The summed E-state index contributed by atoms with van der Waals surface area (Å²) in [4.78, 5) is 0. The van der Waals surface area contributed by atoms with Crippen LogP contribution in [-0.4, -0.2) is 22.1 Å². The highest BCUT2D eigenvalue weighted by molar-refractivity contribution is 7.60. The lowest BCUT2D eigenvalue weighted by Crippen LogP contribution is -2.25. The van der Waals surface area contributed by atoms with Crippen LogP contribution in [0.3, 0.4) is 0 Å². The van der Waals surface area contributed by atoms with E-state index in [1.807, 2.05) is 0 Å². The van der Waals surface area contributed by atoms with Gasteiger partial charge in [0, 0.05) is 0 Å². The molecule has 0 heterocycles. The molecular formula is C21H38P2. The van der Waals surface area contributed by atoms with Crippen LogP contribution in [0.4, 0.5) is 0 Å². The third-order valence-electron chi connectivity index (χ3n) is 4.52. The molecule has 0 aromatic heterocycles. The van der Waals surface area contributed by atoms with Gasteiger partial charge in [-0.2, -0.15) is 0 Å². The van der Waals surface area contributed by atoms with Crippen molar-refractivity contribution >= 4 is 15.8 Å². The average Bonchev–Trinajstić information content (AvgIpc) is 2.32. The summed E-state index contributed by atoms with van der Waals surface area (Å²) in [5.74, 6) is 0. The topological polar surface area (TPSA) is 0 Å². The SMILES string of the molecule is CP(Cc1cccc(CP(C(C)(C)C)C(C)(C)C)c1)C(C)(C)C. The van der Waals surface area contributed by atoms with Crippen LogP contribution in [-0.2, 0) is 12.3 Å². The van der Waals surface area contributed by atoms with Gasteiger partial charge in [-0.15, -0.1) is 0 Å². The molecule has 0 nitrogen and oxygen atoms in total. The average molecular weight is 352 g/mol. The first-order valence-corrected chi connectivity index (χ1v) is 12.3. The Hall–Kier alpha value is 0.0800. The van der Waals surface area contributed by atoms with Gasteiger partial charge in [0.1, 0.15) is 0 Å². The highest BCUT2D eigenvalue weighted by Crippen LogP contribution is 2.61. The Balaban J connectivity index is 2.96. The summed E-state index contributed by atoms with van der Waals surface area (Å²) in [6, 6.07) is 9.42. The lowest BCUT2D eigenvalue weighted by atomic mass is 10.2. The van der Waals surface area contributed by atoms with Gasteiger partial charge in [0.25, 0.3) is 0 Å². The van der Waals surface area contributed by atoms with E-state index in [4.69, 9.17) is 0 Å². The van der Waals surface area contributed by atoms with Gasteiger partial charge in [0.05, 0.1) is 0 Å². The molecule has 1 aromatic carbocycles. The Kier molecular flexibility index (Phi) is 6.92. The Morgan fingerprint density at radius 3 is 1.52 bits per heavy atom. The van der Waals surface area contributed by atoms with Crippen LogP contribution in [0.15, 0.2) is 24.3 Å². The van der Waals surface area contributed by atoms with Gasteiger partial charge in [-0.3, -0.25) is 0 Å². The van der Waals surface area contributed by atoms with Crippen LogP contribution in [0.5, 0.6) is 0 Å². The maximum Gasteiger partial charge on any atom is -0.00636 e. The highest BCUT2D eigenvalue weighted by Gasteiger charge is 2.34. The third-order valence-corrected chi connectivity index (χ3v) is 11.6. The summed E-state index contributed by atoms with van der Waals surface area (Å²) in [7, 11) is -0.0395. The van der Waals surface area contributed by atoms with E-state index in [9.17, 15) is 0 Å². The van der Waals surface area contributed by atoms with Crippen LogP contribution < -0.4 is 0 Å². The third kappa shape index (κ3) is 6.84. The van der Waals surface area contributed by atoms with E-state index in [2.05, 4.69) is 93.2 Å². The van der Waals surface area contributed by atoms with Crippen molar-refractivity contribution in [1.29, 1.82) is 0 Å². The minimum absolute atomic E-state index is 0.0295. The summed E-state index contributed by atoms with van der Waals surface area (Å²) in [5, 5.41) is 1.23. The Morgan fingerprint density at radius 1 is 0.696 bits per heavy atom. The second kappa shape index (κ2) is 7.54. The van der Waals surface area contributed by atoms with Gasteiger partial charge in [0.2, 0.25) is 0 Å². The molecule has 0 saturated carbocycles. The minimum Gasteiger partial charge on any atom is -0.0999 e. The zero-order chi connectivity index (χ0) is 18.1. The lowest BCUT2D eigenvalue weighted by molar-refractivity contribution is 0.702. The predicted octanol–water partition coefficient (Wildman–Crippen LogP) is 7.68. The van der Waals surface area contributed by atoms with E-state index < -0.39 is 0 Å². The van der Waals surface area contributed by atoms with E-state index in [1.54, 1.807) is 0 Å². The molecule has 1 rings (SSSR count). The van der Waals surface area contributed by atoms with Crippen molar-refractivity contribution in [2.45, 2.75) is 90.1 Å². The number of hydrogen-bond donors (Lipinski definition) is 0. The standard InChI is InChI=1S/C21H38P2/c1-19(2,3)22(10)15-17-12-11-13-18(14-17)16-23(20(4,5)6)21(7,8)9/h11-14H,15-16H2,1-10H3. The molecular weight excluding hydrogens is 314 g/mol. The number of hydrogen-bond acceptors (Lipinski definition) is 0. The van der Waals surface area contributed by atoms with Crippen LogP contribution in [0.1, 0.15) is 73.4 Å². The van der Waals surface area contributed by atoms with Crippen molar-refractivity contribution < 1.29 is 0 Å². The fraction of sp³-hybridized carbons (Fsp3) is 0.714. The molecule has 2 heteroatoms. The van der Waals surface area contributed by atoms with Gasteiger partial charge in [-0.25, -0.2) is 0 Å². The predicted molar refractivity (Wildman–Crippen MR) is 113 cm³/mol. The number of benzene rings is 1. The molecule has 1 atom stereocenters. The summed E-state index contributed by atoms with van der Waals surface area (Å²) < 4.78 is 0. The molecule has 1 aromatic rings. The zero-order valence-electron chi connectivity index (χ0n) is 17.1. The second-order valence-electron chi connectivity index (χ2n) is 9.77. The van der Waals surface area contributed by atoms with Crippen LogP contribution in [0, 0.1) is 0 Å². The molecule has 0 aliphatic heterocycles. The summed E-state index contributed by atoms with van der Waals surface area (Å²) in [6.07, 6.45) is 2.49. The normalized spacial score (nSPS) is 15.1. The Morgan fingerprint density at radius 2 is 1.13 bits per heavy atom. The van der Waals surface area contributed by atoms with Gasteiger partial charge in [-0.1, -0.05) is 102 Å². The summed E-state index contributed by atoms with van der Waals surface area (Å²) in [5.41, 5.74) is 3.07. The monoisotopic (exact) mass is 352 g/mol. The first-order chi connectivity index (χ1) is 10.2. The van der Waals surface area contributed by atoms with Crippen molar-refractivity contribution in [3.8, 4) is 0 Å². The molecule has 0 aliphatic carbocycles. The van der Waals surface area contributed by atoms with Crippen molar-refractivity contribution in [2.24, 2.45) is 0 Å². The van der Waals surface area contributed by atoms with E-state index >= 15 is 0 Å². The molecule has 132 valence electrons. The van der Waals surface area contributed by atoms with E-state index in [0.717, 1.165) is 0 Å². The van der Waals surface area contributed by atoms with Crippen molar-refractivity contribution in [3.05, 3.63) is 35.4 Å². The molecule has 0 saturated heterocycles. The van der Waals surface area contributed by atoms with Crippen LogP contribution >= 0.6 is 15.8 Å². The maximum absolute atomic E-state index is 2.48. The Labute approximate surface area is 148 Å².